The van der Waals surface area contributed by atoms with Gasteiger partial charge in [0.1, 0.15) is 0 Å². The summed E-state index contributed by atoms with van der Waals surface area (Å²) >= 11 is 1.85. The molecule has 0 aliphatic carbocycles. The van der Waals surface area contributed by atoms with E-state index in [-0.39, 0.29) is 0 Å². The molecule has 19 heavy (non-hydrogen) atoms. The average Bonchev–Trinajstić information content (AvgIpc) is 2.97. The lowest BCUT2D eigenvalue weighted by atomic mass is 10.2. The zero-order chi connectivity index (χ0) is 13.7. The summed E-state index contributed by atoms with van der Waals surface area (Å²) < 4.78 is 0. The smallest absolute Gasteiger partial charge is 0.185 e. The second kappa shape index (κ2) is 7.22. The summed E-state index contributed by atoms with van der Waals surface area (Å²) in [6, 6.07) is 0.637. The molecule has 2 rings (SSSR count). The molecule has 0 spiro atoms. The van der Waals surface area contributed by atoms with Crippen LogP contribution in [0.25, 0.3) is 0 Å². The van der Waals surface area contributed by atoms with Crippen LogP contribution >= 0.6 is 11.3 Å². The molecule has 1 unspecified atom stereocenters. The third-order valence-electron chi connectivity index (χ3n) is 3.47. The first-order chi connectivity index (χ1) is 9.20. The van der Waals surface area contributed by atoms with Crippen molar-refractivity contribution in [2.75, 3.05) is 38.6 Å². The van der Waals surface area contributed by atoms with E-state index in [1.807, 2.05) is 17.5 Å². The molecule has 0 amide bonds. The van der Waals surface area contributed by atoms with Crippen LogP contribution in [0.4, 0.5) is 5.13 Å². The zero-order valence-electron chi connectivity index (χ0n) is 12.4. The maximum Gasteiger partial charge on any atom is 0.185 e. The summed E-state index contributed by atoms with van der Waals surface area (Å²) in [5.74, 6) is 0. The van der Waals surface area contributed by atoms with Gasteiger partial charge in [0.2, 0.25) is 0 Å². The molecular weight excluding hydrogens is 256 g/mol. The Hall–Kier alpha value is -0.650. The normalized spacial score (nSPS) is 19.6. The van der Waals surface area contributed by atoms with Crippen LogP contribution in [0.15, 0.2) is 6.20 Å². The summed E-state index contributed by atoms with van der Waals surface area (Å²) in [5.41, 5.74) is 0. The largest absolute Gasteiger partial charge is 0.344 e. The number of rotatable bonds is 7. The second-order valence-corrected chi connectivity index (χ2v) is 6.63. The van der Waals surface area contributed by atoms with Gasteiger partial charge in [0.15, 0.2) is 5.13 Å². The van der Waals surface area contributed by atoms with Crippen LogP contribution in [-0.4, -0.2) is 49.7 Å². The molecule has 1 N–H and O–H groups in total. The predicted octanol–water partition coefficient (Wildman–Crippen LogP) is 2.17. The lowest BCUT2D eigenvalue weighted by Crippen LogP contribution is -2.37. The van der Waals surface area contributed by atoms with Crippen molar-refractivity contribution in [3.05, 3.63) is 11.1 Å². The quantitative estimate of drug-likeness (QED) is 0.777. The van der Waals surface area contributed by atoms with E-state index in [0.29, 0.717) is 6.04 Å². The second-order valence-electron chi connectivity index (χ2n) is 5.54. The molecule has 1 aliphatic rings. The summed E-state index contributed by atoms with van der Waals surface area (Å²) in [5, 5.41) is 4.65. The molecule has 0 radical (unpaired) electrons. The number of nitrogens with one attached hydrogen (secondary N) is 1. The van der Waals surface area contributed by atoms with Crippen molar-refractivity contribution in [3.63, 3.8) is 0 Å². The fourth-order valence-electron chi connectivity index (χ4n) is 2.60. The van der Waals surface area contributed by atoms with Gasteiger partial charge in [0, 0.05) is 36.8 Å². The van der Waals surface area contributed by atoms with Gasteiger partial charge in [0.25, 0.3) is 0 Å². The molecule has 0 aromatic carbocycles. The summed E-state index contributed by atoms with van der Waals surface area (Å²) in [4.78, 5) is 10.7. The Kier molecular flexibility index (Phi) is 5.60. The third kappa shape index (κ3) is 4.16. The van der Waals surface area contributed by atoms with Crippen LogP contribution < -0.4 is 10.2 Å². The van der Waals surface area contributed by atoms with Crippen LogP contribution in [0.3, 0.4) is 0 Å². The minimum absolute atomic E-state index is 0.637. The molecule has 1 aromatic rings. The van der Waals surface area contributed by atoms with Crippen molar-refractivity contribution < 1.29 is 0 Å². The number of nitrogens with zero attached hydrogens (tertiary/aromatic N) is 3. The standard InChI is InChI=1S/C14H26N4S/c1-4-7-15-9-13-10-16-14(19-13)18-8-5-6-12(18)11-17(2)3/h10,12,15H,4-9,11H2,1-3H3. The minimum atomic E-state index is 0.637. The number of thiazole rings is 1. The van der Waals surface area contributed by atoms with Gasteiger partial charge in [-0.05, 0) is 39.9 Å². The first-order valence-corrected chi connectivity index (χ1v) is 8.09. The van der Waals surface area contributed by atoms with Crippen LogP contribution in [-0.2, 0) is 6.54 Å². The predicted molar refractivity (Wildman–Crippen MR) is 83.0 cm³/mol. The Balaban J connectivity index is 1.93. The van der Waals surface area contributed by atoms with Gasteiger partial charge in [-0.15, -0.1) is 11.3 Å². The molecule has 1 saturated heterocycles. The molecule has 1 atom stereocenters. The zero-order valence-corrected chi connectivity index (χ0v) is 13.2. The van der Waals surface area contributed by atoms with Crippen LogP contribution in [0, 0.1) is 0 Å². The molecule has 1 aromatic heterocycles. The first kappa shape index (κ1) is 14.8. The average molecular weight is 282 g/mol. The number of anilines is 1. The molecule has 0 bridgehead atoms. The molecule has 1 fully saturated rings. The van der Waals surface area contributed by atoms with Gasteiger partial charge in [-0.2, -0.15) is 0 Å². The fraction of sp³-hybridized carbons (Fsp3) is 0.786. The minimum Gasteiger partial charge on any atom is -0.344 e. The highest BCUT2D eigenvalue weighted by molar-refractivity contribution is 7.15. The number of hydrogen-bond acceptors (Lipinski definition) is 5. The highest BCUT2D eigenvalue weighted by Gasteiger charge is 2.27. The van der Waals surface area contributed by atoms with E-state index in [4.69, 9.17) is 0 Å². The summed E-state index contributed by atoms with van der Waals surface area (Å²) in [6.45, 7) is 6.52. The number of likely N-dealkylation sites (N-methyl/N-ethyl adjacent to an activating group) is 1. The Morgan fingerprint density at radius 1 is 1.53 bits per heavy atom. The Morgan fingerprint density at radius 2 is 2.37 bits per heavy atom. The van der Waals surface area contributed by atoms with Gasteiger partial charge in [-0.25, -0.2) is 4.98 Å². The topological polar surface area (TPSA) is 31.4 Å². The van der Waals surface area contributed by atoms with Crippen molar-refractivity contribution in [2.24, 2.45) is 0 Å². The van der Waals surface area contributed by atoms with E-state index in [9.17, 15) is 0 Å². The first-order valence-electron chi connectivity index (χ1n) is 7.27. The van der Waals surface area contributed by atoms with Crippen LogP contribution in [0.1, 0.15) is 31.1 Å². The Labute approximate surface area is 120 Å². The van der Waals surface area contributed by atoms with Gasteiger partial charge in [-0.3, -0.25) is 0 Å². The molecule has 4 nitrogen and oxygen atoms in total. The van der Waals surface area contributed by atoms with Crippen molar-refractivity contribution in [1.29, 1.82) is 0 Å². The fourth-order valence-corrected chi connectivity index (χ4v) is 3.58. The van der Waals surface area contributed by atoms with Crippen molar-refractivity contribution in [2.45, 2.75) is 38.8 Å². The van der Waals surface area contributed by atoms with E-state index >= 15 is 0 Å². The molecular formula is C14H26N4S. The van der Waals surface area contributed by atoms with E-state index in [1.54, 1.807) is 0 Å². The molecule has 1 aliphatic heterocycles. The SMILES string of the molecule is CCCNCc1cnc(N2CCCC2CN(C)C)s1. The third-order valence-corrected chi connectivity index (χ3v) is 4.50. The Bertz CT molecular complexity index is 377. The highest BCUT2D eigenvalue weighted by atomic mass is 32.1. The van der Waals surface area contributed by atoms with Crippen LogP contribution in [0.5, 0.6) is 0 Å². The Morgan fingerprint density at radius 3 is 3.11 bits per heavy atom. The van der Waals surface area contributed by atoms with E-state index in [0.717, 1.165) is 26.2 Å². The van der Waals surface area contributed by atoms with Gasteiger partial charge < -0.3 is 15.1 Å². The number of hydrogen-bond donors (Lipinski definition) is 1. The molecule has 0 saturated carbocycles. The summed E-state index contributed by atoms with van der Waals surface area (Å²) in [6.07, 6.45) is 5.80. The molecule has 5 heteroatoms. The monoisotopic (exact) mass is 282 g/mol. The maximum atomic E-state index is 4.62. The number of aromatic nitrogens is 1. The van der Waals surface area contributed by atoms with Crippen LogP contribution in [0.2, 0.25) is 0 Å². The van der Waals surface area contributed by atoms with Gasteiger partial charge in [-0.1, -0.05) is 6.92 Å². The van der Waals surface area contributed by atoms with Gasteiger partial charge >= 0.3 is 0 Å². The lowest BCUT2D eigenvalue weighted by molar-refractivity contribution is 0.372. The van der Waals surface area contributed by atoms with E-state index < -0.39 is 0 Å². The van der Waals surface area contributed by atoms with Crippen molar-refractivity contribution in [3.8, 4) is 0 Å². The highest BCUT2D eigenvalue weighted by Crippen LogP contribution is 2.29. The van der Waals surface area contributed by atoms with Gasteiger partial charge in [0.05, 0.1) is 0 Å². The van der Waals surface area contributed by atoms with Crippen molar-refractivity contribution in [1.82, 2.24) is 15.2 Å². The van der Waals surface area contributed by atoms with E-state index in [2.05, 4.69) is 41.1 Å². The molecule has 108 valence electrons. The van der Waals surface area contributed by atoms with Crippen molar-refractivity contribution >= 4 is 16.5 Å². The lowest BCUT2D eigenvalue weighted by Gasteiger charge is -2.26. The molecule has 2 heterocycles. The van der Waals surface area contributed by atoms with E-state index in [1.165, 1.54) is 29.3 Å². The maximum absolute atomic E-state index is 4.62. The summed E-state index contributed by atoms with van der Waals surface area (Å²) in [7, 11) is 4.30.